The van der Waals surface area contributed by atoms with E-state index in [-0.39, 0.29) is 11.9 Å². The van der Waals surface area contributed by atoms with Crippen molar-refractivity contribution in [1.82, 2.24) is 4.98 Å². The molecular formula is C14H13ClFNOS. The molecule has 100 valence electrons. The highest BCUT2D eigenvalue weighted by atomic mass is 35.5. The van der Waals surface area contributed by atoms with Crippen LogP contribution >= 0.6 is 22.9 Å². The van der Waals surface area contributed by atoms with Crippen LogP contribution in [-0.2, 0) is 12.8 Å². The van der Waals surface area contributed by atoms with Gasteiger partial charge in [0.2, 0.25) is 0 Å². The van der Waals surface area contributed by atoms with Crippen molar-refractivity contribution in [1.29, 1.82) is 0 Å². The van der Waals surface area contributed by atoms with Gasteiger partial charge in [0.15, 0.2) is 0 Å². The second kappa shape index (κ2) is 5.19. The minimum atomic E-state index is -0.376. The Balaban J connectivity index is 1.87. The molecule has 2 aromatic rings. The predicted molar refractivity (Wildman–Crippen MR) is 74.2 cm³/mol. The Labute approximate surface area is 119 Å². The summed E-state index contributed by atoms with van der Waals surface area (Å²) in [5.74, 6) is -0.331. The standard InChI is InChI=1S/C14H13ClFNOS/c15-10-7-9(16)5-4-8(10)6-13-17-11-2-1-3-12(18)14(11)19-13/h4-5,7,12,18H,1-3,6H2. The van der Waals surface area contributed by atoms with Crippen LogP contribution in [-0.4, -0.2) is 10.1 Å². The van der Waals surface area contributed by atoms with Crippen LogP contribution < -0.4 is 0 Å². The Morgan fingerprint density at radius 1 is 1.47 bits per heavy atom. The van der Waals surface area contributed by atoms with Crippen LogP contribution in [0.25, 0.3) is 0 Å². The summed E-state index contributed by atoms with van der Waals surface area (Å²) in [5.41, 5.74) is 1.88. The lowest BCUT2D eigenvalue weighted by Gasteiger charge is -2.14. The van der Waals surface area contributed by atoms with Crippen LogP contribution in [0.1, 0.15) is 40.1 Å². The van der Waals surface area contributed by atoms with Gasteiger partial charge < -0.3 is 5.11 Å². The minimum Gasteiger partial charge on any atom is -0.388 e. The van der Waals surface area contributed by atoms with Gasteiger partial charge in [-0.25, -0.2) is 9.37 Å². The van der Waals surface area contributed by atoms with E-state index in [0.717, 1.165) is 40.4 Å². The maximum Gasteiger partial charge on any atom is 0.124 e. The van der Waals surface area contributed by atoms with Gasteiger partial charge in [-0.1, -0.05) is 17.7 Å². The molecule has 1 aromatic heterocycles. The molecule has 0 amide bonds. The number of hydrogen-bond donors (Lipinski definition) is 1. The number of rotatable bonds is 2. The zero-order valence-electron chi connectivity index (χ0n) is 10.2. The van der Waals surface area contributed by atoms with Crippen LogP contribution in [0.2, 0.25) is 5.02 Å². The van der Waals surface area contributed by atoms with Crippen molar-refractivity contribution in [3.8, 4) is 0 Å². The minimum absolute atomic E-state index is 0.331. The monoisotopic (exact) mass is 297 g/mol. The topological polar surface area (TPSA) is 33.1 Å². The molecule has 0 saturated heterocycles. The molecule has 3 rings (SSSR count). The van der Waals surface area contributed by atoms with Gasteiger partial charge in [0, 0.05) is 11.4 Å². The first-order valence-electron chi connectivity index (χ1n) is 6.24. The van der Waals surface area contributed by atoms with Gasteiger partial charge in [-0.05, 0) is 37.0 Å². The first kappa shape index (κ1) is 13.0. The van der Waals surface area contributed by atoms with Gasteiger partial charge in [0.1, 0.15) is 5.82 Å². The third kappa shape index (κ3) is 2.66. The predicted octanol–water partition coefficient (Wildman–Crippen LogP) is 3.90. The molecule has 1 heterocycles. The number of aliphatic hydroxyl groups excluding tert-OH is 1. The molecule has 0 spiro atoms. The van der Waals surface area contributed by atoms with Crippen molar-refractivity contribution >= 4 is 22.9 Å². The summed E-state index contributed by atoms with van der Waals surface area (Å²) in [6.07, 6.45) is 2.93. The normalized spacial score (nSPS) is 18.4. The van der Waals surface area contributed by atoms with Crippen LogP contribution in [0.5, 0.6) is 0 Å². The molecule has 1 N–H and O–H groups in total. The molecule has 0 aliphatic heterocycles. The lowest BCUT2D eigenvalue weighted by molar-refractivity contribution is 0.160. The summed E-state index contributed by atoms with van der Waals surface area (Å²) >= 11 is 7.56. The molecule has 1 atom stereocenters. The van der Waals surface area contributed by atoms with Crippen LogP contribution in [0.3, 0.4) is 0 Å². The number of aromatic nitrogens is 1. The smallest absolute Gasteiger partial charge is 0.124 e. The van der Waals surface area contributed by atoms with Gasteiger partial charge in [0.25, 0.3) is 0 Å². The molecule has 1 aromatic carbocycles. The highest BCUT2D eigenvalue weighted by molar-refractivity contribution is 7.11. The van der Waals surface area contributed by atoms with Gasteiger partial charge in [-0.3, -0.25) is 0 Å². The first-order chi connectivity index (χ1) is 9.13. The summed E-state index contributed by atoms with van der Waals surface area (Å²) in [4.78, 5) is 5.55. The van der Waals surface area contributed by atoms with E-state index in [9.17, 15) is 9.50 Å². The van der Waals surface area contributed by atoms with Gasteiger partial charge in [-0.2, -0.15) is 0 Å². The Hall–Kier alpha value is -0.970. The molecule has 0 bridgehead atoms. The first-order valence-corrected chi connectivity index (χ1v) is 7.43. The second-order valence-corrected chi connectivity index (χ2v) is 6.26. The van der Waals surface area contributed by atoms with E-state index in [0.29, 0.717) is 11.4 Å². The number of aryl methyl sites for hydroxylation is 1. The quantitative estimate of drug-likeness (QED) is 0.912. The average molecular weight is 298 g/mol. The maximum absolute atomic E-state index is 13.0. The number of benzene rings is 1. The number of fused-ring (bicyclic) bond motifs is 1. The summed E-state index contributed by atoms with van der Waals surface area (Å²) in [7, 11) is 0. The molecule has 1 unspecified atom stereocenters. The largest absolute Gasteiger partial charge is 0.388 e. The van der Waals surface area contributed by atoms with E-state index in [1.54, 1.807) is 6.07 Å². The second-order valence-electron chi connectivity index (χ2n) is 4.74. The fourth-order valence-corrected chi connectivity index (χ4v) is 3.74. The van der Waals surface area contributed by atoms with Gasteiger partial charge in [-0.15, -0.1) is 11.3 Å². The highest BCUT2D eigenvalue weighted by Gasteiger charge is 2.22. The molecule has 0 radical (unpaired) electrons. The lowest BCUT2D eigenvalue weighted by atomic mass is 10.0. The molecule has 1 aliphatic rings. The summed E-state index contributed by atoms with van der Waals surface area (Å²) in [5, 5.41) is 11.3. The summed E-state index contributed by atoms with van der Waals surface area (Å²) < 4.78 is 13.0. The molecule has 2 nitrogen and oxygen atoms in total. The third-order valence-corrected chi connectivity index (χ3v) is 4.87. The van der Waals surface area contributed by atoms with E-state index in [1.807, 2.05) is 0 Å². The zero-order valence-corrected chi connectivity index (χ0v) is 11.8. The number of hydrogen-bond acceptors (Lipinski definition) is 3. The Morgan fingerprint density at radius 3 is 3.05 bits per heavy atom. The zero-order chi connectivity index (χ0) is 13.4. The van der Waals surface area contributed by atoms with Crippen molar-refractivity contribution < 1.29 is 9.50 Å². The fourth-order valence-electron chi connectivity index (χ4n) is 2.35. The van der Waals surface area contributed by atoms with Crippen molar-refractivity contribution in [3.05, 3.63) is 50.2 Å². The molecule has 5 heteroatoms. The SMILES string of the molecule is OC1CCCc2nc(Cc3ccc(F)cc3Cl)sc21. The van der Waals surface area contributed by atoms with E-state index in [1.165, 1.54) is 23.5 Å². The average Bonchev–Trinajstić information content (AvgIpc) is 2.77. The number of nitrogens with zero attached hydrogens (tertiary/aromatic N) is 1. The van der Waals surface area contributed by atoms with E-state index < -0.39 is 0 Å². The Bertz CT molecular complexity index is 613. The number of thiazole rings is 1. The van der Waals surface area contributed by atoms with Crippen LogP contribution in [0.15, 0.2) is 18.2 Å². The lowest BCUT2D eigenvalue weighted by Crippen LogP contribution is -2.06. The fraction of sp³-hybridized carbons (Fsp3) is 0.357. The Kier molecular flexibility index (Phi) is 3.56. The van der Waals surface area contributed by atoms with Crippen molar-refractivity contribution in [2.24, 2.45) is 0 Å². The molecule has 1 aliphatic carbocycles. The van der Waals surface area contributed by atoms with Gasteiger partial charge >= 0.3 is 0 Å². The van der Waals surface area contributed by atoms with Crippen molar-refractivity contribution in [2.75, 3.05) is 0 Å². The van der Waals surface area contributed by atoms with Gasteiger partial charge in [0.05, 0.1) is 21.7 Å². The van der Waals surface area contributed by atoms with E-state index >= 15 is 0 Å². The Morgan fingerprint density at radius 2 is 2.32 bits per heavy atom. The molecular weight excluding hydrogens is 285 g/mol. The van der Waals surface area contributed by atoms with Crippen LogP contribution in [0.4, 0.5) is 4.39 Å². The van der Waals surface area contributed by atoms with E-state index in [4.69, 9.17) is 11.6 Å². The summed E-state index contributed by atoms with van der Waals surface area (Å²) in [6, 6.07) is 4.41. The van der Waals surface area contributed by atoms with Crippen LogP contribution in [0, 0.1) is 5.82 Å². The number of aliphatic hydroxyl groups is 1. The van der Waals surface area contributed by atoms with Crippen molar-refractivity contribution in [3.63, 3.8) is 0 Å². The third-order valence-electron chi connectivity index (χ3n) is 3.32. The highest BCUT2D eigenvalue weighted by Crippen LogP contribution is 2.35. The molecule has 0 fully saturated rings. The maximum atomic E-state index is 13.0. The summed E-state index contributed by atoms with van der Waals surface area (Å²) in [6.45, 7) is 0. The van der Waals surface area contributed by atoms with E-state index in [2.05, 4.69) is 4.98 Å². The molecule has 19 heavy (non-hydrogen) atoms. The van der Waals surface area contributed by atoms with Crippen molar-refractivity contribution in [2.45, 2.75) is 31.8 Å². The number of halogens is 2. The molecule has 0 saturated carbocycles.